The summed E-state index contributed by atoms with van der Waals surface area (Å²) in [6, 6.07) is 9.91. The second-order valence-electron chi connectivity index (χ2n) is 5.05. The van der Waals surface area contributed by atoms with Gasteiger partial charge in [0.25, 0.3) is 0 Å². The van der Waals surface area contributed by atoms with Gasteiger partial charge in [-0.3, -0.25) is 4.68 Å². The lowest BCUT2D eigenvalue weighted by atomic mass is 10.2. The molecule has 20 heavy (non-hydrogen) atoms. The summed E-state index contributed by atoms with van der Waals surface area (Å²) in [5.41, 5.74) is 2.00. The molecule has 1 aromatic carbocycles. The molecule has 0 spiro atoms. The molecule has 5 nitrogen and oxygen atoms in total. The fraction of sp³-hybridized carbons (Fsp3) is 0.357. The highest BCUT2D eigenvalue weighted by atomic mass is 32.2. The molecule has 2 rings (SSSR count). The molecule has 0 radical (unpaired) electrons. The topological polar surface area (TPSA) is 64.0 Å². The highest BCUT2D eigenvalue weighted by Crippen LogP contribution is 2.09. The van der Waals surface area contributed by atoms with Gasteiger partial charge in [0.1, 0.15) is 9.84 Å². The average Bonchev–Trinajstić information content (AvgIpc) is 2.75. The number of nitrogens with zero attached hydrogens (tertiary/aromatic N) is 2. The maximum Gasteiger partial charge on any atom is 0.149 e. The van der Waals surface area contributed by atoms with Gasteiger partial charge in [-0.15, -0.1) is 0 Å². The van der Waals surface area contributed by atoms with Crippen LogP contribution in [0.5, 0.6) is 0 Å². The van der Waals surface area contributed by atoms with Gasteiger partial charge < -0.3 is 5.32 Å². The van der Waals surface area contributed by atoms with Crippen LogP contribution in [0.4, 0.5) is 5.69 Å². The zero-order valence-corrected chi connectivity index (χ0v) is 12.5. The van der Waals surface area contributed by atoms with Gasteiger partial charge in [0, 0.05) is 18.5 Å². The normalized spacial score (nSPS) is 13.1. The number of sulfone groups is 1. The SMILES string of the molecule is CC(CS(C)(=O)=O)Nc1cnn(Cc2ccccc2)c1. The molecule has 0 amide bonds. The average molecular weight is 293 g/mol. The van der Waals surface area contributed by atoms with E-state index < -0.39 is 9.84 Å². The Morgan fingerprint density at radius 3 is 2.65 bits per heavy atom. The third kappa shape index (κ3) is 4.70. The van der Waals surface area contributed by atoms with Crippen molar-refractivity contribution >= 4 is 15.5 Å². The van der Waals surface area contributed by atoms with Crippen LogP contribution in [0, 0.1) is 0 Å². The summed E-state index contributed by atoms with van der Waals surface area (Å²) in [5, 5.41) is 7.41. The smallest absolute Gasteiger partial charge is 0.149 e. The van der Waals surface area contributed by atoms with Crippen molar-refractivity contribution in [2.75, 3.05) is 17.3 Å². The Morgan fingerprint density at radius 1 is 1.30 bits per heavy atom. The van der Waals surface area contributed by atoms with Crippen molar-refractivity contribution in [2.24, 2.45) is 0 Å². The molecule has 0 saturated heterocycles. The van der Waals surface area contributed by atoms with Crippen LogP contribution in [0.25, 0.3) is 0 Å². The van der Waals surface area contributed by atoms with E-state index in [1.54, 1.807) is 6.20 Å². The first-order valence-corrected chi connectivity index (χ1v) is 8.49. The molecule has 1 atom stereocenters. The minimum absolute atomic E-state index is 0.108. The third-order valence-electron chi connectivity index (χ3n) is 2.79. The molecule has 0 aliphatic heterocycles. The summed E-state index contributed by atoms with van der Waals surface area (Å²) < 4.78 is 24.3. The minimum atomic E-state index is -2.97. The Hall–Kier alpha value is -1.82. The fourth-order valence-electron chi connectivity index (χ4n) is 2.08. The first-order valence-electron chi connectivity index (χ1n) is 6.43. The number of anilines is 1. The van der Waals surface area contributed by atoms with Gasteiger partial charge in [-0.1, -0.05) is 30.3 Å². The summed E-state index contributed by atoms with van der Waals surface area (Å²) >= 11 is 0. The molecule has 6 heteroatoms. The number of benzene rings is 1. The van der Waals surface area contributed by atoms with Gasteiger partial charge in [0.15, 0.2) is 0 Å². The van der Waals surface area contributed by atoms with Crippen LogP contribution in [0.3, 0.4) is 0 Å². The molecule has 0 bridgehead atoms. The van der Waals surface area contributed by atoms with Gasteiger partial charge >= 0.3 is 0 Å². The fourth-order valence-corrected chi connectivity index (χ4v) is 3.07. The number of hydrogen-bond acceptors (Lipinski definition) is 4. The second kappa shape index (κ2) is 6.09. The van der Waals surface area contributed by atoms with E-state index >= 15 is 0 Å². The molecule has 1 N–H and O–H groups in total. The van der Waals surface area contributed by atoms with Crippen LogP contribution >= 0.6 is 0 Å². The Kier molecular flexibility index (Phi) is 4.44. The summed E-state index contributed by atoms with van der Waals surface area (Å²) in [4.78, 5) is 0. The van der Waals surface area contributed by atoms with Crippen molar-refractivity contribution in [3.05, 3.63) is 48.3 Å². The quantitative estimate of drug-likeness (QED) is 0.881. The van der Waals surface area contributed by atoms with E-state index in [2.05, 4.69) is 10.4 Å². The zero-order chi connectivity index (χ0) is 14.6. The summed E-state index contributed by atoms with van der Waals surface area (Å²) in [6.45, 7) is 2.54. The number of hydrogen-bond donors (Lipinski definition) is 1. The Bertz CT molecular complexity index is 650. The molecule has 108 valence electrons. The molecule has 2 aromatic rings. The van der Waals surface area contributed by atoms with Crippen molar-refractivity contribution in [2.45, 2.75) is 19.5 Å². The van der Waals surface area contributed by atoms with E-state index in [4.69, 9.17) is 0 Å². The number of aromatic nitrogens is 2. The van der Waals surface area contributed by atoms with Crippen LogP contribution in [0.2, 0.25) is 0 Å². The van der Waals surface area contributed by atoms with Crippen molar-refractivity contribution in [1.82, 2.24) is 9.78 Å². The molecule has 0 fully saturated rings. The molecule has 1 aromatic heterocycles. The maximum absolute atomic E-state index is 11.2. The predicted molar refractivity (Wildman–Crippen MR) is 80.6 cm³/mol. The van der Waals surface area contributed by atoms with E-state index in [1.165, 1.54) is 11.8 Å². The van der Waals surface area contributed by atoms with Crippen molar-refractivity contribution in [3.8, 4) is 0 Å². The van der Waals surface area contributed by atoms with Crippen molar-refractivity contribution in [3.63, 3.8) is 0 Å². The van der Waals surface area contributed by atoms with Crippen LogP contribution in [-0.2, 0) is 16.4 Å². The van der Waals surface area contributed by atoms with Crippen LogP contribution in [-0.4, -0.2) is 36.2 Å². The van der Waals surface area contributed by atoms with Gasteiger partial charge in [0.2, 0.25) is 0 Å². The molecular formula is C14H19N3O2S. The van der Waals surface area contributed by atoms with Crippen LogP contribution < -0.4 is 5.32 Å². The molecular weight excluding hydrogens is 274 g/mol. The van der Waals surface area contributed by atoms with Gasteiger partial charge in [0.05, 0.1) is 24.2 Å². The van der Waals surface area contributed by atoms with Crippen LogP contribution in [0.1, 0.15) is 12.5 Å². The highest BCUT2D eigenvalue weighted by Gasteiger charge is 2.11. The standard InChI is InChI=1S/C14H19N3O2S/c1-12(11-20(2,18)19)16-14-8-15-17(10-14)9-13-6-4-3-5-7-13/h3-8,10,12,16H,9,11H2,1-2H3. The molecule has 0 aliphatic rings. The summed E-state index contributed by atoms with van der Waals surface area (Å²) in [6.07, 6.45) is 4.83. The molecule has 1 heterocycles. The van der Waals surface area contributed by atoms with E-state index in [0.717, 1.165) is 5.69 Å². The zero-order valence-electron chi connectivity index (χ0n) is 11.7. The van der Waals surface area contributed by atoms with E-state index in [0.29, 0.717) is 6.54 Å². The van der Waals surface area contributed by atoms with E-state index in [-0.39, 0.29) is 11.8 Å². The first-order chi connectivity index (χ1) is 9.42. The summed E-state index contributed by atoms with van der Waals surface area (Å²) in [5.74, 6) is 0.108. The Balaban J connectivity index is 1.96. The summed E-state index contributed by atoms with van der Waals surface area (Å²) in [7, 11) is -2.97. The van der Waals surface area contributed by atoms with Crippen LogP contribution in [0.15, 0.2) is 42.7 Å². The highest BCUT2D eigenvalue weighted by molar-refractivity contribution is 7.90. The van der Waals surface area contributed by atoms with Gasteiger partial charge in [-0.2, -0.15) is 5.10 Å². The lowest BCUT2D eigenvalue weighted by molar-refractivity contribution is 0.598. The number of rotatable bonds is 6. The molecule has 0 saturated carbocycles. The monoisotopic (exact) mass is 293 g/mol. The minimum Gasteiger partial charge on any atom is -0.379 e. The molecule has 0 aliphatic carbocycles. The Morgan fingerprint density at radius 2 is 2.00 bits per heavy atom. The predicted octanol–water partition coefficient (Wildman–Crippen LogP) is 1.78. The largest absolute Gasteiger partial charge is 0.379 e. The van der Waals surface area contributed by atoms with Crippen molar-refractivity contribution < 1.29 is 8.42 Å². The third-order valence-corrected chi connectivity index (χ3v) is 3.89. The van der Waals surface area contributed by atoms with Crippen molar-refractivity contribution in [1.29, 1.82) is 0 Å². The lowest BCUT2D eigenvalue weighted by Gasteiger charge is -2.11. The first kappa shape index (κ1) is 14.6. The second-order valence-corrected chi connectivity index (χ2v) is 7.23. The Labute approximate surface area is 119 Å². The molecule has 1 unspecified atom stereocenters. The lowest BCUT2D eigenvalue weighted by Crippen LogP contribution is -2.24. The maximum atomic E-state index is 11.2. The van der Waals surface area contributed by atoms with Gasteiger partial charge in [-0.05, 0) is 12.5 Å². The van der Waals surface area contributed by atoms with E-state index in [1.807, 2.05) is 48.1 Å². The van der Waals surface area contributed by atoms with Gasteiger partial charge in [-0.25, -0.2) is 8.42 Å². The number of nitrogens with one attached hydrogen (secondary N) is 1. The van der Waals surface area contributed by atoms with E-state index in [9.17, 15) is 8.42 Å².